The van der Waals surface area contributed by atoms with E-state index < -0.39 is 12.1 Å². The van der Waals surface area contributed by atoms with Crippen molar-refractivity contribution < 1.29 is 23.6 Å². The van der Waals surface area contributed by atoms with Crippen molar-refractivity contribution in [1.82, 2.24) is 10.1 Å². The highest BCUT2D eigenvalue weighted by Crippen LogP contribution is 2.28. The highest BCUT2D eigenvalue weighted by molar-refractivity contribution is 6.00. The lowest BCUT2D eigenvalue weighted by Crippen LogP contribution is -2.39. The fourth-order valence-electron chi connectivity index (χ4n) is 3.30. The minimum absolute atomic E-state index is 0.157. The number of para-hydroxylation sites is 1. The molecule has 8 heteroatoms. The van der Waals surface area contributed by atoms with Crippen LogP contribution in [0.15, 0.2) is 53.1 Å². The Labute approximate surface area is 173 Å². The number of nitrogens with zero attached hydrogens (tertiary/aromatic N) is 3. The number of aryl methyl sites for hydroxylation is 1. The van der Waals surface area contributed by atoms with E-state index in [-0.39, 0.29) is 12.5 Å². The molecular weight excluding hydrogens is 386 g/mol. The average Bonchev–Trinajstić information content (AvgIpc) is 3.38. The van der Waals surface area contributed by atoms with Gasteiger partial charge in [-0.05, 0) is 49.2 Å². The monoisotopic (exact) mass is 407 g/mol. The summed E-state index contributed by atoms with van der Waals surface area (Å²) in [6.45, 7) is 4.03. The molecule has 0 saturated carbocycles. The molecule has 1 aromatic heterocycles. The topological polar surface area (TPSA) is 94.8 Å². The van der Waals surface area contributed by atoms with Gasteiger partial charge in [0.1, 0.15) is 5.75 Å². The fraction of sp³-hybridized carbons (Fsp3) is 0.273. The van der Waals surface area contributed by atoms with E-state index >= 15 is 0 Å². The van der Waals surface area contributed by atoms with Crippen LogP contribution in [-0.4, -0.2) is 34.7 Å². The predicted molar refractivity (Wildman–Crippen MR) is 107 cm³/mol. The molecule has 1 aliphatic heterocycles. The average molecular weight is 407 g/mol. The van der Waals surface area contributed by atoms with E-state index in [2.05, 4.69) is 10.1 Å². The van der Waals surface area contributed by atoms with Crippen LogP contribution in [0.25, 0.3) is 0 Å². The summed E-state index contributed by atoms with van der Waals surface area (Å²) in [5, 5.41) is 3.75. The van der Waals surface area contributed by atoms with Gasteiger partial charge in [-0.2, -0.15) is 4.98 Å². The van der Waals surface area contributed by atoms with E-state index in [1.807, 2.05) is 24.3 Å². The maximum atomic E-state index is 12.8. The molecule has 1 atom stereocenters. The molecule has 0 aliphatic carbocycles. The third-order valence-electron chi connectivity index (χ3n) is 4.81. The van der Waals surface area contributed by atoms with Gasteiger partial charge in [0.05, 0.1) is 5.56 Å². The second kappa shape index (κ2) is 8.36. The van der Waals surface area contributed by atoms with Gasteiger partial charge in [-0.1, -0.05) is 23.4 Å². The number of anilines is 1. The lowest BCUT2D eigenvalue weighted by atomic mass is 10.2. The molecule has 0 bridgehead atoms. The molecule has 0 saturated heterocycles. The van der Waals surface area contributed by atoms with Crippen LogP contribution < -0.4 is 9.64 Å². The van der Waals surface area contributed by atoms with Crippen LogP contribution in [0.1, 0.15) is 34.6 Å². The van der Waals surface area contributed by atoms with Crippen molar-refractivity contribution in [2.75, 3.05) is 11.4 Å². The van der Waals surface area contributed by atoms with Crippen LogP contribution >= 0.6 is 0 Å². The van der Waals surface area contributed by atoms with Crippen LogP contribution in [0.4, 0.5) is 5.69 Å². The third-order valence-corrected chi connectivity index (χ3v) is 4.81. The van der Waals surface area contributed by atoms with Gasteiger partial charge in [0.15, 0.2) is 12.7 Å². The lowest BCUT2D eigenvalue weighted by Gasteiger charge is -2.21. The molecule has 2 aromatic carbocycles. The molecule has 0 spiro atoms. The maximum Gasteiger partial charge on any atom is 0.338 e. The minimum atomic E-state index is -0.888. The van der Waals surface area contributed by atoms with Crippen LogP contribution in [0.5, 0.6) is 5.75 Å². The van der Waals surface area contributed by atoms with Crippen LogP contribution in [0, 0.1) is 6.92 Å². The number of carbonyl (C=O) groups is 2. The molecule has 1 unspecified atom stereocenters. The first-order chi connectivity index (χ1) is 14.5. The van der Waals surface area contributed by atoms with E-state index in [0.29, 0.717) is 29.6 Å². The van der Waals surface area contributed by atoms with Crippen LogP contribution in [0.3, 0.4) is 0 Å². The number of fused-ring (bicyclic) bond motifs is 1. The van der Waals surface area contributed by atoms with Crippen molar-refractivity contribution in [3.8, 4) is 5.75 Å². The first kappa shape index (κ1) is 19.6. The highest BCUT2D eigenvalue weighted by Gasteiger charge is 2.29. The van der Waals surface area contributed by atoms with E-state index in [4.69, 9.17) is 14.0 Å². The van der Waals surface area contributed by atoms with Gasteiger partial charge in [-0.15, -0.1) is 0 Å². The molecule has 4 rings (SSSR count). The molecule has 0 fully saturated rings. The van der Waals surface area contributed by atoms with E-state index in [0.717, 1.165) is 17.7 Å². The van der Waals surface area contributed by atoms with Gasteiger partial charge in [0.2, 0.25) is 11.7 Å². The molecular formula is C22H21N3O5. The van der Waals surface area contributed by atoms with Gasteiger partial charge < -0.3 is 18.9 Å². The van der Waals surface area contributed by atoms with Gasteiger partial charge >= 0.3 is 5.97 Å². The molecule has 1 aliphatic rings. The van der Waals surface area contributed by atoms with E-state index in [9.17, 15) is 9.59 Å². The predicted octanol–water partition coefficient (Wildman–Crippen LogP) is 3.09. The number of esters is 1. The summed E-state index contributed by atoms with van der Waals surface area (Å²) in [5.74, 6) is 0.652. The first-order valence-electron chi connectivity index (χ1n) is 9.63. The second-order valence-electron chi connectivity index (χ2n) is 6.96. The van der Waals surface area contributed by atoms with Crippen molar-refractivity contribution in [2.24, 2.45) is 0 Å². The van der Waals surface area contributed by atoms with Crippen molar-refractivity contribution in [1.29, 1.82) is 0 Å². The van der Waals surface area contributed by atoms with Gasteiger partial charge in [-0.25, -0.2) is 4.79 Å². The number of aromatic nitrogens is 2. The van der Waals surface area contributed by atoms with Crippen molar-refractivity contribution in [2.45, 2.75) is 33.0 Å². The Balaban J connectivity index is 1.33. The first-order valence-corrected chi connectivity index (χ1v) is 9.63. The number of ether oxygens (including phenoxy) is 2. The number of hydrogen-bond acceptors (Lipinski definition) is 7. The molecule has 30 heavy (non-hydrogen) atoms. The highest BCUT2D eigenvalue weighted by atomic mass is 16.5. The zero-order valence-electron chi connectivity index (χ0n) is 16.7. The summed E-state index contributed by atoms with van der Waals surface area (Å²) < 4.78 is 15.8. The summed E-state index contributed by atoms with van der Waals surface area (Å²) in [5.41, 5.74) is 2.33. The zero-order chi connectivity index (χ0) is 21.1. The van der Waals surface area contributed by atoms with E-state index in [1.54, 1.807) is 43.0 Å². The summed E-state index contributed by atoms with van der Waals surface area (Å²) in [6, 6.07) is 14.2. The van der Waals surface area contributed by atoms with Gasteiger partial charge in [0.25, 0.3) is 5.91 Å². The number of amides is 1. The zero-order valence-corrected chi connectivity index (χ0v) is 16.7. The molecule has 154 valence electrons. The van der Waals surface area contributed by atoms with Gasteiger partial charge in [0, 0.05) is 19.2 Å². The number of benzene rings is 2. The summed E-state index contributed by atoms with van der Waals surface area (Å²) >= 11 is 0. The Hall–Kier alpha value is -3.68. The molecule has 1 amide bonds. The SMILES string of the molecule is Cc1nc(COc2ccc(C(=O)OC(C)C(=O)N3CCc4ccccc43)cc2)no1. The normalized spacial score (nSPS) is 13.6. The molecule has 2 heterocycles. The van der Waals surface area contributed by atoms with Crippen molar-refractivity contribution in [3.63, 3.8) is 0 Å². The third kappa shape index (κ3) is 4.17. The van der Waals surface area contributed by atoms with Crippen LogP contribution in [-0.2, 0) is 22.6 Å². The summed E-state index contributed by atoms with van der Waals surface area (Å²) in [6.07, 6.45) is -0.0888. The standard InChI is InChI=1S/C22H21N3O5/c1-14(21(26)25-12-11-16-5-3-4-6-19(16)25)29-22(27)17-7-9-18(10-8-17)28-13-20-23-15(2)30-24-20/h3-10,14H,11-13H2,1-2H3. The number of carbonyl (C=O) groups excluding carboxylic acids is 2. The Morgan fingerprint density at radius 1 is 1.17 bits per heavy atom. The second-order valence-corrected chi connectivity index (χ2v) is 6.96. The molecule has 0 radical (unpaired) electrons. The Bertz CT molecular complexity index is 1060. The molecule has 0 N–H and O–H groups in total. The lowest BCUT2D eigenvalue weighted by molar-refractivity contribution is -0.126. The maximum absolute atomic E-state index is 12.8. The van der Waals surface area contributed by atoms with Crippen LogP contribution in [0.2, 0.25) is 0 Å². The summed E-state index contributed by atoms with van der Waals surface area (Å²) in [4.78, 5) is 30.9. The van der Waals surface area contributed by atoms with Crippen molar-refractivity contribution in [3.05, 3.63) is 71.4 Å². The van der Waals surface area contributed by atoms with E-state index in [1.165, 1.54) is 0 Å². The number of rotatable bonds is 6. The van der Waals surface area contributed by atoms with Gasteiger partial charge in [-0.3, -0.25) is 4.79 Å². The Morgan fingerprint density at radius 2 is 1.93 bits per heavy atom. The molecule has 3 aromatic rings. The Morgan fingerprint density at radius 3 is 2.67 bits per heavy atom. The quantitative estimate of drug-likeness (QED) is 0.580. The minimum Gasteiger partial charge on any atom is -0.485 e. The summed E-state index contributed by atoms with van der Waals surface area (Å²) in [7, 11) is 0. The number of hydrogen-bond donors (Lipinski definition) is 0. The smallest absolute Gasteiger partial charge is 0.338 e. The van der Waals surface area contributed by atoms with Crippen molar-refractivity contribution >= 4 is 17.6 Å². The largest absolute Gasteiger partial charge is 0.485 e. The fourth-order valence-corrected chi connectivity index (χ4v) is 3.30. The molecule has 8 nitrogen and oxygen atoms in total. The Kier molecular flexibility index (Phi) is 5.47.